The lowest BCUT2D eigenvalue weighted by Crippen LogP contribution is -2.05. The molecule has 8 heteroatoms. The summed E-state index contributed by atoms with van der Waals surface area (Å²) in [6.07, 6.45) is -1.82. The first-order valence-corrected chi connectivity index (χ1v) is 7.76. The smallest absolute Gasteiger partial charge is 0.272 e. The third kappa shape index (κ3) is 2.66. The first kappa shape index (κ1) is 15.2. The van der Waals surface area contributed by atoms with Gasteiger partial charge >= 0.3 is 6.18 Å². The fraction of sp³-hybridized carbons (Fsp3) is 0.143. The SMILES string of the molecule is CSc1nc2cc(C(F)(F)F)cnc2n1-c1ccc(Cl)cc1. The highest BCUT2D eigenvalue weighted by Gasteiger charge is 2.31. The van der Waals surface area contributed by atoms with Crippen LogP contribution >= 0.6 is 23.4 Å². The molecule has 3 aromatic rings. The zero-order chi connectivity index (χ0) is 15.9. The number of hydrogen-bond acceptors (Lipinski definition) is 3. The highest BCUT2D eigenvalue weighted by Crippen LogP contribution is 2.32. The Kier molecular flexibility index (Phi) is 3.78. The second-order valence-corrected chi connectivity index (χ2v) is 5.68. The molecule has 0 fully saturated rings. The van der Waals surface area contributed by atoms with E-state index in [9.17, 15) is 13.2 Å². The predicted octanol–water partition coefficient (Wildman–Crippen LogP) is 4.81. The minimum atomic E-state index is -4.44. The average Bonchev–Trinajstić information content (AvgIpc) is 2.85. The molecule has 0 aliphatic rings. The number of alkyl halides is 3. The monoisotopic (exact) mass is 343 g/mol. The average molecular weight is 344 g/mol. The number of thioether (sulfide) groups is 1. The van der Waals surface area contributed by atoms with E-state index >= 15 is 0 Å². The van der Waals surface area contributed by atoms with E-state index in [1.165, 1.54) is 11.8 Å². The molecule has 2 aromatic heterocycles. The van der Waals surface area contributed by atoms with E-state index in [1.54, 1.807) is 35.1 Å². The number of pyridine rings is 1. The second kappa shape index (κ2) is 5.48. The summed E-state index contributed by atoms with van der Waals surface area (Å²) >= 11 is 7.20. The minimum absolute atomic E-state index is 0.203. The summed E-state index contributed by atoms with van der Waals surface area (Å²) in [6, 6.07) is 7.95. The lowest BCUT2D eigenvalue weighted by molar-refractivity contribution is -0.137. The second-order valence-electron chi connectivity index (χ2n) is 4.47. The van der Waals surface area contributed by atoms with Gasteiger partial charge in [-0.25, -0.2) is 9.97 Å². The molecule has 0 saturated heterocycles. The van der Waals surface area contributed by atoms with Crippen LogP contribution in [0.5, 0.6) is 0 Å². The number of aromatic nitrogens is 3. The first-order valence-electron chi connectivity index (χ1n) is 6.16. The fourth-order valence-electron chi connectivity index (χ4n) is 2.06. The minimum Gasteiger partial charge on any atom is -0.272 e. The maximum absolute atomic E-state index is 12.8. The lowest BCUT2D eigenvalue weighted by Gasteiger charge is -2.08. The van der Waals surface area contributed by atoms with Crippen molar-refractivity contribution in [3.05, 3.63) is 47.1 Å². The maximum atomic E-state index is 12.8. The van der Waals surface area contributed by atoms with E-state index in [4.69, 9.17) is 11.6 Å². The molecule has 114 valence electrons. The quantitative estimate of drug-likeness (QED) is 0.625. The van der Waals surface area contributed by atoms with E-state index in [0.29, 0.717) is 15.8 Å². The van der Waals surface area contributed by atoms with Crippen LogP contribution in [0.2, 0.25) is 5.02 Å². The molecular weight excluding hydrogens is 335 g/mol. The van der Waals surface area contributed by atoms with E-state index in [1.807, 2.05) is 0 Å². The predicted molar refractivity (Wildman–Crippen MR) is 80.7 cm³/mol. The van der Waals surface area contributed by atoms with Gasteiger partial charge in [0, 0.05) is 16.9 Å². The summed E-state index contributed by atoms with van der Waals surface area (Å²) in [7, 11) is 0. The van der Waals surface area contributed by atoms with Crippen LogP contribution in [-0.4, -0.2) is 20.8 Å². The molecule has 0 atom stereocenters. The van der Waals surface area contributed by atoms with Gasteiger partial charge in [0.1, 0.15) is 5.52 Å². The van der Waals surface area contributed by atoms with Crippen LogP contribution in [0, 0.1) is 0 Å². The number of fused-ring (bicyclic) bond motifs is 1. The highest BCUT2D eigenvalue weighted by molar-refractivity contribution is 7.98. The topological polar surface area (TPSA) is 30.7 Å². The van der Waals surface area contributed by atoms with E-state index < -0.39 is 11.7 Å². The van der Waals surface area contributed by atoms with Crippen LogP contribution in [0.4, 0.5) is 13.2 Å². The molecule has 1 aromatic carbocycles. The molecule has 0 unspecified atom stereocenters. The summed E-state index contributed by atoms with van der Waals surface area (Å²) in [5.74, 6) is 0. The van der Waals surface area contributed by atoms with Crippen molar-refractivity contribution < 1.29 is 13.2 Å². The van der Waals surface area contributed by atoms with Crippen molar-refractivity contribution in [2.45, 2.75) is 11.3 Å². The lowest BCUT2D eigenvalue weighted by atomic mass is 10.2. The van der Waals surface area contributed by atoms with Crippen molar-refractivity contribution in [3.63, 3.8) is 0 Å². The van der Waals surface area contributed by atoms with E-state index in [-0.39, 0.29) is 5.52 Å². The summed E-state index contributed by atoms with van der Waals surface area (Å²) in [4.78, 5) is 8.18. The Morgan fingerprint density at radius 3 is 2.45 bits per heavy atom. The Bertz CT molecular complexity index is 828. The van der Waals surface area contributed by atoms with Gasteiger partial charge in [0.05, 0.1) is 5.56 Å². The number of rotatable bonds is 2. The molecule has 0 radical (unpaired) electrons. The van der Waals surface area contributed by atoms with Gasteiger partial charge in [-0.2, -0.15) is 13.2 Å². The molecule has 0 aliphatic heterocycles. The standard InChI is InChI=1S/C14H9ClF3N3S/c1-22-13-20-11-6-8(14(16,17)18)7-19-12(11)21(13)10-4-2-9(15)3-5-10/h2-7H,1H3. The third-order valence-corrected chi connectivity index (χ3v) is 3.95. The number of nitrogens with zero attached hydrogens (tertiary/aromatic N) is 3. The highest BCUT2D eigenvalue weighted by atomic mass is 35.5. The molecule has 2 heterocycles. The van der Waals surface area contributed by atoms with Gasteiger partial charge in [0.15, 0.2) is 10.8 Å². The first-order chi connectivity index (χ1) is 10.4. The van der Waals surface area contributed by atoms with Gasteiger partial charge in [0.25, 0.3) is 0 Å². The molecule has 0 saturated carbocycles. The van der Waals surface area contributed by atoms with Crippen LogP contribution < -0.4 is 0 Å². The number of hydrogen-bond donors (Lipinski definition) is 0. The van der Waals surface area contributed by atoms with Crippen molar-refractivity contribution in [3.8, 4) is 5.69 Å². The Balaban J connectivity index is 2.23. The van der Waals surface area contributed by atoms with Crippen molar-refractivity contribution >= 4 is 34.5 Å². The molecule has 3 rings (SSSR count). The van der Waals surface area contributed by atoms with Crippen LogP contribution in [0.25, 0.3) is 16.9 Å². The fourth-order valence-corrected chi connectivity index (χ4v) is 2.75. The summed E-state index contributed by atoms with van der Waals surface area (Å²) in [5.41, 5.74) is 0.505. The largest absolute Gasteiger partial charge is 0.417 e. The van der Waals surface area contributed by atoms with Gasteiger partial charge in [-0.05, 0) is 36.6 Å². The van der Waals surface area contributed by atoms with Gasteiger partial charge in [-0.1, -0.05) is 23.4 Å². The molecule has 22 heavy (non-hydrogen) atoms. The molecular formula is C14H9ClF3N3S. The number of benzene rings is 1. The Labute approximate surface area is 133 Å². The summed E-state index contributed by atoms with van der Waals surface area (Å²) < 4.78 is 40.0. The van der Waals surface area contributed by atoms with E-state index in [2.05, 4.69) is 9.97 Å². The Hall–Kier alpha value is -1.73. The van der Waals surface area contributed by atoms with Crippen molar-refractivity contribution in [2.75, 3.05) is 6.26 Å². The van der Waals surface area contributed by atoms with Gasteiger partial charge in [-0.3, -0.25) is 4.57 Å². The zero-order valence-electron chi connectivity index (χ0n) is 11.2. The van der Waals surface area contributed by atoms with Crippen molar-refractivity contribution in [1.82, 2.24) is 14.5 Å². The molecule has 0 aliphatic carbocycles. The molecule has 0 N–H and O–H groups in total. The maximum Gasteiger partial charge on any atom is 0.417 e. The molecule has 0 amide bonds. The van der Waals surface area contributed by atoms with Crippen LogP contribution in [-0.2, 0) is 6.18 Å². The Morgan fingerprint density at radius 1 is 1.18 bits per heavy atom. The van der Waals surface area contributed by atoms with Gasteiger partial charge < -0.3 is 0 Å². The molecule has 0 bridgehead atoms. The van der Waals surface area contributed by atoms with E-state index in [0.717, 1.165) is 18.0 Å². The van der Waals surface area contributed by atoms with Crippen LogP contribution in [0.1, 0.15) is 5.56 Å². The van der Waals surface area contributed by atoms with Crippen molar-refractivity contribution in [1.29, 1.82) is 0 Å². The molecule has 3 nitrogen and oxygen atoms in total. The third-order valence-electron chi connectivity index (χ3n) is 3.06. The normalized spacial score (nSPS) is 12.0. The summed E-state index contributed by atoms with van der Waals surface area (Å²) in [5, 5.41) is 1.13. The van der Waals surface area contributed by atoms with Crippen molar-refractivity contribution in [2.24, 2.45) is 0 Å². The zero-order valence-corrected chi connectivity index (χ0v) is 12.8. The number of halogens is 4. The van der Waals surface area contributed by atoms with Gasteiger partial charge in [0.2, 0.25) is 0 Å². The van der Waals surface area contributed by atoms with Crippen LogP contribution in [0.3, 0.4) is 0 Å². The van der Waals surface area contributed by atoms with Crippen LogP contribution in [0.15, 0.2) is 41.7 Å². The Morgan fingerprint density at radius 2 is 1.86 bits per heavy atom. The molecule has 0 spiro atoms. The summed E-state index contributed by atoms with van der Waals surface area (Å²) in [6.45, 7) is 0. The number of imidazole rings is 1. The van der Waals surface area contributed by atoms with Gasteiger partial charge in [-0.15, -0.1) is 0 Å².